The van der Waals surface area contributed by atoms with E-state index in [9.17, 15) is 0 Å². The molecule has 82 valence electrons. The second-order valence-electron chi connectivity index (χ2n) is 4.32. The van der Waals surface area contributed by atoms with Crippen molar-refractivity contribution >= 4 is 0 Å². The van der Waals surface area contributed by atoms with Crippen molar-refractivity contribution in [1.82, 2.24) is 0 Å². The van der Waals surface area contributed by atoms with Gasteiger partial charge < -0.3 is 4.74 Å². The van der Waals surface area contributed by atoms with Gasteiger partial charge in [0.25, 0.3) is 0 Å². The molecular weight excluding hydrogens is 196 g/mol. The number of ether oxygens (including phenoxy) is 1. The number of hydrogen-bond acceptors (Lipinski definition) is 1. The summed E-state index contributed by atoms with van der Waals surface area (Å²) in [6.45, 7) is 6.78. The topological polar surface area (TPSA) is 9.23 Å². The van der Waals surface area contributed by atoms with Gasteiger partial charge in [0.05, 0.1) is 6.61 Å². The highest BCUT2D eigenvalue weighted by Gasteiger charge is 2.30. The lowest BCUT2D eigenvalue weighted by molar-refractivity contribution is 0.217. The van der Waals surface area contributed by atoms with Crippen molar-refractivity contribution in [1.29, 1.82) is 0 Å². The summed E-state index contributed by atoms with van der Waals surface area (Å²) in [6, 6.07) is 8.14. The van der Waals surface area contributed by atoms with Gasteiger partial charge in [0.2, 0.25) is 0 Å². The van der Waals surface area contributed by atoms with Crippen molar-refractivity contribution in [3.63, 3.8) is 0 Å². The first kappa shape index (κ1) is 10.8. The van der Waals surface area contributed by atoms with Crippen LogP contribution in [-0.2, 0) is 0 Å². The summed E-state index contributed by atoms with van der Waals surface area (Å²) in [4.78, 5) is 0. The lowest BCUT2D eigenvalue weighted by Crippen LogP contribution is -2.26. The van der Waals surface area contributed by atoms with E-state index in [0.717, 1.165) is 17.7 Å². The summed E-state index contributed by atoms with van der Waals surface area (Å²) in [6.07, 6.45) is 6.21. The van der Waals surface area contributed by atoms with Crippen LogP contribution >= 0.6 is 0 Å². The molecule has 1 aromatic rings. The van der Waals surface area contributed by atoms with Crippen LogP contribution in [0.25, 0.3) is 0 Å². The molecule has 1 aliphatic heterocycles. The van der Waals surface area contributed by atoms with Crippen LogP contribution in [0.1, 0.15) is 24.8 Å². The Labute approximate surface area is 97.1 Å². The molecule has 0 spiro atoms. The van der Waals surface area contributed by atoms with Crippen LogP contribution in [0, 0.1) is 18.3 Å². The van der Waals surface area contributed by atoms with Crippen LogP contribution in [0.2, 0.25) is 0 Å². The maximum absolute atomic E-state index is 5.74. The minimum atomic E-state index is 0.339. The first-order valence-corrected chi connectivity index (χ1v) is 5.54. The lowest BCUT2D eigenvalue weighted by Gasteiger charge is -2.33. The molecule has 0 bridgehead atoms. The van der Waals surface area contributed by atoms with E-state index in [1.54, 1.807) is 0 Å². The molecule has 16 heavy (non-hydrogen) atoms. The molecule has 1 aliphatic rings. The predicted octanol–water partition coefficient (Wildman–Crippen LogP) is 3.38. The third kappa shape index (κ3) is 1.84. The third-order valence-corrected chi connectivity index (χ3v) is 3.19. The summed E-state index contributed by atoms with van der Waals surface area (Å²) in [5.41, 5.74) is 2.37. The number of rotatable bonds is 2. The van der Waals surface area contributed by atoms with Crippen molar-refractivity contribution in [3.05, 3.63) is 42.0 Å². The Kier molecular flexibility index (Phi) is 3.01. The zero-order valence-electron chi connectivity index (χ0n) is 9.57. The van der Waals surface area contributed by atoms with Crippen molar-refractivity contribution < 1.29 is 4.74 Å². The highest BCUT2D eigenvalue weighted by molar-refractivity contribution is 5.40. The lowest BCUT2D eigenvalue weighted by atomic mass is 9.79. The van der Waals surface area contributed by atoms with Crippen molar-refractivity contribution in [2.45, 2.75) is 19.3 Å². The monoisotopic (exact) mass is 212 g/mol. The molecule has 0 fully saturated rings. The molecule has 0 radical (unpaired) electrons. The largest absolute Gasteiger partial charge is 0.493 e. The molecule has 2 atom stereocenters. The first-order valence-electron chi connectivity index (χ1n) is 5.54. The normalized spacial score (nSPS) is 22.8. The standard InChI is InChI=1S/C15H16O/c1-4-7-12-13-8-5-6-9-15(13)16-10-14(12)11(2)3/h1,5-6,8-9,12,14H,2,7,10H2,3H3/t12-,14+/m1/s1. The van der Waals surface area contributed by atoms with Gasteiger partial charge >= 0.3 is 0 Å². The van der Waals surface area contributed by atoms with E-state index in [-0.39, 0.29) is 0 Å². The van der Waals surface area contributed by atoms with Crippen LogP contribution in [0.15, 0.2) is 36.4 Å². The fraction of sp³-hybridized carbons (Fsp3) is 0.333. The van der Waals surface area contributed by atoms with Crippen LogP contribution in [0.5, 0.6) is 5.75 Å². The van der Waals surface area contributed by atoms with Gasteiger partial charge in [-0.15, -0.1) is 12.3 Å². The fourth-order valence-electron chi connectivity index (χ4n) is 2.30. The Hall–Kier alpha value is -1.68. The Morgan fingerprint density at radius 1 is 1.56 bits per heavy atom. The van der Waals surface area contributed by atoms with Gasteiger partial charge in [-0.3, -0.25) is 0 Å². The number of benzene rings is 1. The molecular formula is C15H16O. The Morgan fingerprint density at radius 2 is 2.31 bits per heavy atom. The number of hydrogen-bond donors (Lipinski definition) is 0. The third-order valence-electron chi connectivity index (χ3n) is 3.19. The van der Waals surface area contributed by atoms with Crippen LogP contribution < -0.4 is 4.74 Å². The minimum Gasteiger partial charge on any atom is -0.493 e. The van der Waals surface area contributed by atoms with Crippen LogP contribution in [-0.4, -0.2) is 6.61 Å². The molecule has 1 heterocycles. The summed E-state index contributed by atoms with van der Waals surface area (Å²) in [5.74, 6) is 4.43. The van der Waals surface area contributed by atoms with Gasteiger partial charge in [0, 0.05) is 18.3 Å². The zero-order chi connectivity index (χ0) is 11.5. The average molecular weight is 212 g/mol. The molecule has 0 aliphatic carbocycles. The Bertz CT molecular complexity index is 439. The number of para-hydroxylation sites is 1. The van der Waals surface area contributed by atoms with Gasteiger partial charge in [-0.05, 0) is 18.6 Å². The van der Waals surface area contributed by atoms with E-state index >= 15 is 0 Å². The van der Waals surface area contributed by atoms with E-state index in [2.05, 4.69) is 18.6 Å². The van der Waals surface area contributed by atoms with Crippen molar-refractivity contribution in [2.75, 3.05) is 6.61 Å². The first-order chi connectivity index (χ1) is 7.74. The molecule has 0 saturated carbocycles. The smallest absolute Gasteiger partial charge is 0.122 e. The summed E-state index contributed by atoms with van der Waals surface area (Å²) >= 11 is 0. The van der Waals surface area contributed by atoms with E-state index in [1.165, 1.54) is 5.56 Å². The Morgan fingerprint density at radius 3 is 3.00 bits per heavy atom. The summed E-state index contributed by atoms with van der Waals surface area (Å²) < 4.78 is 5.74. The van der Waals surface area contributed by atoms with Gasteiger partial charge in [-0.1, -0.05) is 30.4 Å². The number of fused-ring (bicyclic) bond motifs is 1. The molecule has 0 amide bonds. The van der Waals surface area contributed by atoms with E-state index in [4.69, 9.17) is 11.2 Å². The van der Waals surface area contributed by atoms with Crippen molar-refractivity contribution in [2.24, 2.45) is 5.92 Å². The van der Waals surface area contributed by atoms with Gasteiger partial charge in [-0.2, -0.15) is 0 Å². The second-order valence-corrected chi connectivity index (χ2v) is 4.32. The highest BCUT2D eigenvalue weighted by Crippen LogP contribution is 2.41. The highest BCUT2D eigenvalue weighted by atomic mass is 16.5. The number of terminal acetylenes is 1. The average Bonchev–Trinajstić information content (AvgIpc) is 2.29. The quantitative estimate of drug-likeness (QED) is 0.539. The molecule has 0 saturated heterocycles. The minimum absolute atomic E-state index is 0.339. The SMILES string of the molecule is C#CC[C@@H]1c2ccccc2OC[C@H]1C(=C)C. The predicted molar refractivity (Wildman–Crippen MR) is 66.4 cm³/mol. The molecule has 1 aromatic carbocycles. The molecule has 2 rings (SSSR count). The van der Waals surface area contributed by atoms with Crippen LogP contribution in [0.3, 0.4) is 0 Å². The van der Waals surface area contributed by atoms with E-state index in [1.807, 2.05) is 25.1 Å². The summed E-state index contributed by atoms with van der Waals surface area (Å²) in [7, 11) is 0. The molecule has 1 nitrogen and oxygen atoms in total. The van der Waals surface area contributed by atoms with Gasteiger partial charge in [0.1, 0.15) is 5.75 Å². The summed E-state index contributed by atoms with van der Waals surface area (Å²) in [5, 5.41) is 0. The zero-order valence-corrected chi connectivity index (χ0v) is 9.57. The van der Waals surface area contributed by atoms with Crippen molar-refractivity contribution in [3.8, 4) is 18.1 Å². The van der Waals surface area contributed by atoms with E-state index < -0.39 is 0 Å². The molecule has 0 aromatic heterocycles. The maximum Gasteiger partial charge on any atom is 0.122 e. The Balaban J connectivity index is 2.40. The van der Waals surface area contributed by atoms with Gasteiger partial charge in [-0.25, -0.2) is 0 Å². The molecule has 0 N–H and O–H groups in total. The maximum atomic E-state index is 5.74. The van der Waals surface area contributed by atoms with E-state index in [0.29, 0.717) is 18.4 Å². The van der Waals surface area contributed by atoms with Gasteiger partial charge in [0.15, 0.2) is 0 Å². The van der Waals surface area contributed by atoms with Crippen LogP contribution in [0.4, 0.5) is 0 Å². The fourth-order valence-corrected chi connectivity index (χ4v) is 2.30. The second kappa shape index (κ2) is 4.45. The molecule has 0 unspecified atom stereocenters. The molecule has 1 heteroatoms.